The van der Waals surface area contributed by atoms with Crippen LogP contribution in [0.2, 0.25) is 0 Å². The van der Waals surface area contributed by atoms with Crippen molar-refractivity contribution in [3.63, 3.8) is 0 Å². The van der Waals surface area contributed by atoms with Gasteiger partial charge in [0.2, 0.25) is 0 Å². The van der Waals surface area contributed by atoms with E-state index in [-0.39, 0.29) is 5.75 Å². The molecule has 1 fully saturated rings. The van der Waals surface area contributed by atoms with E-state index in [1.807, 2.05) is 36.0 Å². The van der Waals surface area contributed by atoms with Crippen LogP contribution in [0.1, 0.15) is 6.92 Å². The number of thioether (sulfide) groups is 1. The zero-order valence-electron chi connectivity index (χ0n) is 17.9. The molecule has 1 aliphatic heterocycles. The number of phenols is 1. The van der Waals surface area contributed by atoms with Gasteiger partial charge in [0.25, 0.3) is 0 Å². The standard InChI is InChI=1S/C25H29N3O2S/c1-2-31-21-9-7-19(8-10-21)20-17-23(22-5-3-4-6-24(22)29)27-25(18-20)26-11-12-28-13-15-30-16-14-28/h3-10,17-18,29H,2,11-16H2,1H3,(H,26,27). The molecular formula is C25H29N3O2S. The molecular weight excluding hydrogens is 406 g/mol. The molecule has 2 aromatic carbocycles. The van der Waals surface area contributed by atoms with Gasteiger partial charge in [-0.25, -0.2) is 4.98 Å². The summed E-state index contributed by atoms with van der Waals surface area (Å²) < 4.78 is 5.43. The van der Waals surface area contributed by atoms with Crippen LogP contribution in [0.4, 0.5) is 5.82 Å². The lowest BCUT2D eigenvalue weighted by molar-refractivity contribution is 0.0398. The van der Waals surface area contributed by atoms with Gasteiger partial charge in [0.15, 0.2) is 0 Å². The van der Waals surface area contributed by atoms with E-state index in [0.29, 0.717) is 0 Å². The summed E-state index contributed by atoms with van der Waals surface area (Å²) in [6, 6.07) is 20.1. The maximum atomic E-state index is 10.4. The highest BCUT2D eigenvalue weighted by Crippen LogP contribution is 2.33. The molecule has 1 saturated heterocycles. The smallest absolute Gasteiger partial charge is 0.127 e. The van der Waals surface area contributed by atoms with Gasteiger partial charge in [0.1, 0.15) is 11.6 Å². The fourth-order valence-electron chi connectivity index (χ4n) is 3.69. The molecule has 0 unspecified atom stereocenters. The molecule has 6 heteroatoms. The second kappa shape index (κ2) is 10.7. The zero-order valence-corrected chi connectivity index (χ0v) is 18.7. The first-order chi connectivity index (χ1) is 15.2. The van der Waals surface area contributed by atoms with Crippen LogP contribution in [-0.4, -0.2) is 60.1 Å². The topological polar surface area (TPSA) is 57.6 Å². The average molecular weight is 436 g/mol. The zero-order chi connectivity index (χ0) is 21.5. The van der Waals surface area contributed by atoms with E-state index in [9.17, 15) is 5.11 Å². The Morgan fingerprint density at radius 2 is 1.81 bits per heavy atom. The van der Waals surface area contributed by atoms with Gasteiger partial charge in [-0.05, 0) is 53.3 Å². The van der Waals surface area contributed by atoms with Crippen molar-refractivity contribution < 1.29 is 9.84 Å². The van der Waals surface area contributed by atoms with E-state index in [4.69, 9.17) is 9.72 Å². The van der Waals surface area contributed by atoms with E-state index in [1.54, 1.807) is 6.07 Å². The summed E-state index contributed by atoms with van der Waals surface area (Å²) in [7, 11) is 0. The fraction of sp³-hybridized carbons (Fsp3) is 0.320. The second-order valence-electron chi connectivity index (χ2n) is 7.48. The number of rotatable bonds is 8. The highest BCUT2D eigenvalue weighted by Gasteiger charge is 2.12. The number of benzene rings is 2. The van der Waals surface area contributed by atoms with Gasteiger partial charge in [-0.2, -0.15) is 0 Å². The summed E-state index contributed by atoms with van der Waals surface area (Å²) in [4.78, 5) is 8.47. The molecule has 0 amide bonds. The van der Waals surface area contributed by atoms with Gasteiger partial charge >= 0.3 is 0 Å². The molecule has 2 heterocycles. The number of nitrogens with one attached hydrogen (secondary N) is 1. The first kappa shape index (κ1) is 21.7. The predicted molar refractivity (Wildman–Crippen MR) is 129 cm³/mol. The Labute approximate surface area is 188 Å². The van der Waals surface area contributed by atoms with E-state index >= 15 is 0 Å². The summed E-state index contributed by atoms with van der Waals surface area (Å²) in [6.07, 6.45) is 0. The first-order valence-electron chi connectivity index (χ1n) is 10.8. The molecule has 162 valence electrons. The molecule has 2 N–H and O–H groups in total. The average Bonchev–Trinajstić information content (AvgIpc) is 2.81. The molecule has 0 bridgehead atoms. The SMILES string of the molecule is CCSc1ccc(-c2cc(NCCN3CCOCC3)nc(-c3ccccc3O)c2)cc1. The number of morpholine rings is 1. The van der Waals surface area contributed by atoms with Crippen LogP contribution in [0.25, 0.3) is 22.4 Å². The Kier molecular flexibility index (Phi) is 7.46. The molecule has 0 aliphatic carbocycles. The number of hydrogen-bond donors (Lipinski definition) is 2. The molecule has 31 heavy (non-hydrogen) atoms. The molecule has 0 spiro atoms. The maximum absolute atomic E-state index is 10.4. The van der Waals surface area contributed by atoms with Gasteiger partial charge in [-0.15, -0.1) is 11.8 Å². The first-order valence-corrected chi connectivity index (χ1v) is 11.8. The van der Waals surface area contributed by atoms with Crippen molar-refractivity contribution in [2.24, 2.45) is 0 Å². The van der Waals surface area contributed by atoms with Crippen molar-refractivity contribution >= 4 is 17.6 Å². The lowest BCUT2D eigenvalue weighted by Gasteiger charge is -2.26. The lowest BCUT2D eigenvalue weighted by Crippen LogP contribution is -2.39. The number of ether oxygens (including phenoxy) is 1. The van der Waals surface area contributed by atoms with Gasteiger partial charge in [0, 0.05) is 36.6 Å². The second-order valence-corrected chi connectivity index (χ2v) is 8.82. The highest BCUT2D eigenvalue weighted by molar-refractivity contribution is 7.99. The lowest BCUT2D eigenvalue weighted by atomic mass is 10.0. The predicted octanol–water partition coefficient (Wildman–Crippen LogP) is 4.98. The number of pyridine rings is 1. The summed E-state index contributed by atoms with van der Waals surface area (Å²) in [5, 5.41) is 13.9. The van der Waals surface area contributed by atoms with Gasteiger partial charge < -0.3 is 15.2 Å². The van der Waals surface area contributed by atoms with Gasteiger partial charge in [0.05, 0.1) is 18.9 Å². The maximum Gasteiger partial charge on any atom is 0.127 e. The Morgan fingerprint density at radius 1 is 1.03 bits per heavy atom. The van der Waals surface area contributed by atoms with E-state index in [1.165, 1.54) is 4.90 Å². The summed E-state index contributed by atoms with van der Waals surface area (Å²) >= 11 is 1.84. The number of aromatic hydroxyl groups is 1. The fourth-order valence-corrected chi connectivity index (χ4v) is 4.36. The highest BCUT2D eigenvalue weighted by atomic mass is 32.2. The third-order valence-corrected chi connectivity index (χ3v) is 6.24. The normalized spacial score (nSPS) is 14.5. The van der Waals surface area contributed by atoms with Crippen molar-refractivity contribution in [2.75, 3.05) is 50.5 Å². The van der Waals surface area contributed by atoms with Crippen molar-refractivity contribution in [3.8, 4) is 28.1 Å². The molecule has 4 rings (SSSR count). The Bertz CT molecular complexity index is 988. The third-order valence-electron chi connectivity index (χ3n) is 5.34. The van der Waals surface area contributed by atoms with Gasteiger partial charge in [-0.3, -0.25) is 4.90 Å². The summed E-state index contributed by atoms with van der Waals surface area (Å²) in [5.74, 6) is 2.11. The molecule has 1 aromatic heterocycles. The molecule has 0 radical (unpaired) electrons. The van der Waals surface area contributed by atoms with Crippen LogP contribution >= 0.6 is 11.8 Å². The quantitative estimate of drug-likeness (QED) is 0.487. The van der Waals surface area contributed by atoms with Crippen LogP contribution in [0.3, 0.4) is 0 Å². The minimum absolute atomic E-state index is 0.237. The number of para-hydroxylation sites is 1. The van der Waals surface area contributed by atoms with Crippen molar-refractivity contribution in [3.05, 3.63) is 60.7 Å². The third kappa shape index (κ3) is 5.79. The van der Waals surface area contributed by atoms with Crippen LogP contribution in [0.15, 0.2) is 65.6 Å². The molecule has 5 nitrogen and oxygen atoms in total. The van der Waals surface area contributed by atoms with E-state index < -0.39 is 0 Å². The molecule has 0 saturated carbocycles. The number of phenolic OH excluding ortho intramolecular Hbond substituents is 1. The number of hydrogen-bond acceptors (Lipinski definition) is 6. The van der Waals surface area contributed by atoms with Gasteiger partial charge in [-0.1, -0.05) is 31.2 Å². The Hall–Kier alpha value is -2.54. The van der Waals surface area contributed by atoms with E-state index in [2.05, 4.69) is 47.5 Å². The van der Waals surface area contributed by atoms with Crippen molar-refractivity contribution in [1.29, 1.82) is 0 Å². The molecule has 3 aromatic rings. The largest absolute Gasteiger partial charge is 0.507 e. The molecule has 0 atom stereocenters. The minimum atomic E-state index is 0.237. The monoisotopic (exact) mass is 435 g/mol. The van der Waals surface area contributed by atoms with Crippen molar-refractivity contribution in [1.82, 2.24) is 9.88 Å². The van der Waals surface area contributed by atoms with Crippen LogP contribution in [0, 0.1) is 0 Å². The van der Waals surface area contributed by atoms with Crippen molar-refractivity contribution in [2.45, 2.75) is 11.8 Å². The number of anilines is 1. The number of aromatic nitrogens is 1. The molecule has 1 aliphatic rings. The van der Waals surface area contributed by atoms with Crippen LogP contribution < -0.4 is 5.32 Å². The summed E-state index contributed by atoms with van der Waals surface area (Å²) in [6.45, 7) is 7.47. The van der Waals surface area contributed by atoms with E-state index in [0.717, 1.165) is 73.3 Å². The summed E-state index contributed by atoms with van der Waals surface area (Å²) in [5.41, 5.74) is 3.71. The van der Waals surface area contributed by atoms with Crippen LogP contribution in [-0.2, 0) is 4.74 Å². The minimum Gasteiger partial charge on any atom is -0.507 e. The number of nitrogens with zero attached hydrogens (tertiary/aromatic N) is 2. The Balaban J connectivity index is 1.59. The van der Waals surface area contributed by atoms with Crippen LogP contribution in [0.5, 0.6) is 5.75 Å². The Morgan fingerprint density at radius 3 is 2.55 bits per heavy atom.